The van der Waals surface area contributed by atoms with Crippen LogP contribution in [0.25, 0.3) is 11.7 Å². The van der Waals surface area contributed by atoms with Gasteiger partial charge in [0.15, 0.2) is 30.5 Å². The first-order valence-electron chi connectivity index (χ1n) is 6.61. The second-order valence-electron chi connectivity index (χ2n) is 4.36. The number of hydrogen-bond donors (Lipinski definition) is 0. The average Bonchev–Trinajstić information content (AvgIpc) is 3.23. The number of benzene rings is 1. The molecule has 0 fully saturated rings. The van der Waals surface area contributed by atoms with Crippen molar-refractivity contribution in [3.63, 3.8) is 0 Å². The van der Waals surface area contributed by atoms with Crippen LogP contribution in [0.4, 0.5) is 4.39 Å². The minimum atomic E-state index is -0.689. The van der Waals surface area contributed by atoms with Crippen LogP contribution in [0.3, 0.4) is 0 Å². The average molecular weight is 318 g/mol. The molecule has 2 heterocycles. The lowest BCUT2D eigenvalue weighted by Crippen LogP contribution is -2.15. The molecule has 0 aliphatic heterocycles. The highest BCUT2D eigenvalue weighted by Crippen LogP contribution is 2.18. The van der Waals surface area contributed by atoms with E-state index in [1.807, 2.05) is 0 Å². The van der Waals surface area contributed by atoms with Gasteiger partial charge < -0.3 is 18.3 Å². The van der Waals surface area contributed by atoms with E-state index in [1.54, 1.807) is 18.2 Å². The Kier molecular flexibility index (Phi) is 4.32. The first-order chi connectivity index (χ1) is 11.2. The first-order valence-corrected chi connectivity index (χ1v) is 6.61. The highest BCUT2D eigenvalue weighted by atomic mass is 19.1. The van der Waals surface area contributed by atoms with E-state index in [9.17, 15) is 9.18 Å². The van der Waals surface area contributed by atoms with Gasteiger partial charge in [-0.1, -0.05) is 12.1 Å². The van der Waals surface area contributed by atoms with Crippen LogP contribution in [0, 0.1) is 5.82 Å². The maximum atomic E-state index is 13.3. The fourth-order valence-electron chi connectivity index (χ4n) is 1.69. The van der Waals surface area contributed by atoms with Gasteiger partial charge in [-0.3, -0.25) is 0 Å². The fourth-order valence-corrected chi connectivity index (χ4v) is 1.69. The van der Waals surface area contributed by atoms with Crippen LogP contribution in [0.2, 0.25) is 0 Å². The second kappa shape index (κ2) is 6.73. The number of rotatable bonds is 6. The van der Waals surface area contributed by atoms with Crippen molar-refractivity contribution in [3.8, 4) is 17.4 Å². The smallest absolute Gasteiger partial charge is 0.344 e. The van der Waals surface area contributed by atoms with Crippen molar-refractivity contribution >= 4 is 5.97 Å². The van der Waals surface area contributed by atoms with Crippen LogP contribution < -0.4 is 4.74 Å². The largest absolute Gasteiger partial charge is 0.479 e. The zero-order chi connectivity index (χ0) is 16.1. The molecule has 1 aromatic carbocycles. The molecule has 0 atom stereocenters. The Balaban J connectivity index is 1.49. The van der Waals surface area contributed by atoms with E-state index in [2.05, 4.69) is 10.2 Å². The third kappa shape index (κ3) is 3.73. The molecular weight excluding hydrogens is 307 g/mol. The van der Waals surface area contributed by atoms with Gasteiger partial charge in [0.1, 0.15) is 0 Å². The molecule has 0 unspecified atom stereocenters. The Hall–Kier alpha value is -3.16. The fraction of sp³-hybridized carbons (Fsp3) is 0.133. The molecule has 0 aliphatic carbocycles. The molecule has 0 saturated heterocycles. The van der Waals surface area contributed by atoms with Crippen LogP contribution in [0.1, 0.15) is 5.89 Å². The van der Waals surface area contributed by atoms with Crippen LogP contribution in [-0.2, 0) is 16.1 Å². The van der Waals surface area contributed by atoms with Crippen LogP contribution in [-0.4, -0.2) is 22.8 Å². The molecule has 23 heavy (non-hydrogen) atoms. The Morgan fingerprint density at radius 3 is 2.83 bits per heavy atom. The Labute approximate surface area is 129 Å². The van der Waals surface area contributed by atoms with Gasteiger partial charge in [-0.15, -0.1) is 10.2 Å². The zero-order valence-corrected chi connectivity index (χ0v) is 11.8. The monoisotopic (exact) mass is 318 g/mol. The van der Waals surface area contributed by atoms with Gasteiger partial charge in [0, 0.05) is 0 Å². The highest BCUT2D eigenvalue weighted by Gasteiger charge is 2.13. The Morgan fingerprint density at radius 2 is 2.04 bits per heavy atom. The SMILES string of the molecule is O=C(COc1ccccc1F)OCc1nnc(-c2ccco2)o1. The molecule has 0 amide bonds. The lowest BCUT2D eigenvalue weighted by atomic mass is 10.3. The van der Waals surface area contributed by atoms with Crippen molar-refractivity contribution in [1.82, 2.24) is 10.2 Å². The third-order valence-corrected chi connectivity index (χ3v) is 2.74. The summed E-state index contributed by atoms with van der Waals surface area (Å²) in [4.78, 5) is 11.6. The number of aromatic nitrogens is 2. The summed E-state index contributed by atoms with van der Waals surface area (Å²) in [5.74, 6) is -0.564. The van der Waals surface area contributed by atoms with E-state index in [0.717, 1.165) is 0 Å². The molecule has 2 aromatic heterocycles. The number of ether oxygens (including phenoxy) is 2. The van der Waals surface area contributed by atoms with Gasteiger partial charge in [0.25, 0.3) is 11.8 Å². The summed E-state index contributed by atoms with van der Waals surface area (Å²) < 4.78 is 33.6. The summed E-state index contributed by atoms with van der Waals surface area (Å²) in [7, 11) is 0. The molecule has 0 spiro atoms. The maximum absolute atomic E-state index is 13.3. The summed E-state index contributed by atoms with van der Waals surface area (Å²) in [5.41, 5.74) is 0. The number of carbonyl (C=O) groups excluding carboxylic acids is 1. The van der Waals surface area contributed by atoms with Gasteiger partial charge >= 0.3 is 5.97 Å². The van der Waals surface area contributed by atoms with Crippen molar-refractivity contribution < 1.29 is 27.5 Å². The van der Waals surface area contributed by atoms with Crippen molar-refractivity contribution in [3.05, 3.63) is 54.4 Å². The first kappa shape index (κ1) is 14.8. The van der Waals surface area contributed by atoms with Gasteiger partial charge in [0.05, 0.1) is 6.26 Å². The molecular formula is C15H11FN2O5. The molecule has 118 valence electrons. The molecule has 0 saturated carbocycles. The van der Waals surface area contributed by atoms with Crippen molar-refractivity contribution in [1.29, 1.82) is 0 Å². The minimum absolute atomic E-state index is 0.0256. The van der Waals surface area contributed by atoms with E-state index in [4.69, 9.17) is 18.3 Å². The second-order valence-corrected chi connectivity index (χ2v) is 4.36. The van der Waals surface area contributed by atoms with E-state index < -0.39 is 18.4 Å². The molecule has 0 aliphatic rings. The van der Waals surface area contributed by atoms with E-state index in [1.165, 1.54) is 24.5 Å². The number of esters is 1. The zero-order valence-electron chi connectivity index (χ0n) is 11.8. The van der Waals surface area contributed by atoms with Crippen molar-refractivity contribution in [2.75, 3.05) is 6.61 Å². The molecule has 0 radical (unpaired) electrons. The molecule has 3 rings (SSSR count). The summed E-state index contributed by atoms with van der Waals surface area (Å²) >= 11 is 0. The van der Waals surface area contributed by atoms with Crippen LogP contribution in [0.5, 0.6) is 5.75 Å². The molecule has 8 heteroatoms. The Bertz CT molecular complexity index is 785. The van der Waals surface area contributed by atoms with E-state index in [0.29, 0.717) is 5.76 Å². The molecule has 7 nitrogen and oxygen atoms in total. The summed E-state index contributed by atoms with van der Waals surface area (Å²) in [6.45, 7) is -0.646. The third-order valence-electron chi connectivity index (χ3n) is 2.74. The maximum Gasteiger partial charge on any atom is 0.344 e. The molecule has 3 aromatic rings. The predicted molar refractivity (Wildman–Crippen MR) is 73.7 cm³/mol. The topological polar surface area (TPSA) is 87.6 Å². The number of hydrogen-bond acceptors (Lipinski definition) is 7. The quantitative estimate of drug-likeness (QED) is 0.645. The van der Waals surface area contributed by atoms with E-state index in [-0.39, 0.29) is 24.1 Å². The highest BCUT2D eigenvalue weighted by molar-refractivity contribution is 5.71. The Morgan fingerprint density at radius 1 is 1.17 bits per heavy atom. The normalized spacial score (nSPS) is 10.5. The van der Waals surface area contributed by atoms with Crippen molar-refractivity contribution in [2.45, 2.75) is 6.61 Å². The molecule has 0 bridgehead atoms. The number of para-hydroxylation sites is 1. The molecule has 0 N–H and O–H groups in total. The number of carbonyl (C=O) groups is 1. The standard InChI is InChI=1S/C15H11FN2O5/c16-10-4-1-2-5-11(10)21-9-14(19)22-8-13-17-18-15(23-13)12-6-3-7-20-12/h1-7H,8-9H2. The minimum Gasteiger partial charge on any atom is -0.479 e. The summed E-state index contributed by atoms with van der Waals surface area (Å²) in [5, 5.41) is 7.48. The lowest BCUT2D eigenvalue weighted by Gasteiger charge is -2.06. The van der Waals surface area contributed by atoms with Crippen LogP contribution >= 0.6 is 0 Å². The van der Waals surface area contributed by atoms with E-state index >= 15 is 0 Å². The number of nitrogens with zero attached hydrogens (tertiary/aromatic N) is 2. The van der Waals surface area contributed by atoms with Crippen molar-refractivity contribution in [2.24, 2.45) is 0 Å². The number of halogens is 1. The summed E-state index contributed by atoms with van der Waals surface area (Å²) in [6, 6.07) is 9.10. The van der Waals surface area contributed by atoms with Gasteiger partial charge in [-0.05, 0) is 24.3 Å². The predicted octanol–water partition coefficient (Wildman–Crippen LogP) is 2.59. The van der Waals surface area contributed by atoms with Gasteiger partial charge in [-0.2, -0.15) is 0 Å². The lowest BCUT2D eigenvalue weighted by molar-refractivity contribution is -0.148. The van der Waals surface area contributed by atoms with Gasteiger partial charge in [-0.25, -0.2) is 9.18 Å². The van der Waals surface area contributed by atoms with Crippen LogP contribution in [0.15, 0.2) is 51.5 Å². The number of furan rings is 1. The van der Waals surface area contributed by atoms with Gasteiger partial charge in [0.2, 0.25) is 0 Å². The summed E-state index contributed by atoms with van der Waals surface area (Å²) in [6.07, 6.45) is 1.47.